The average molecular weight is 314 g/mol. The molecule has 1 aromatic rings. The van der Waals surface area contributed by atoms with Gasteiger partial charge in [-0.1, -0.05) is 12.1 Å². The van der Waals surface area contributed by atoms with Gasteiger partial charge in [-0.2, -0.15) is 0 Å². The van der Waals surface area contributed by atoms with Crippen LogP contribution in [0, 0.1) is 10.1 Å². The van der Waals surface area contributed by atoms with Crippen molar-refractivity contribution in [2.45, 2.75) is 6.54 Å². The van der Waals surface area contributed by atoms with Gasteiger partial charge in [0.1, 0.15) is 0 Å². The monoisotopic (exact) mass is 313 g/mol. The number of benzene rings is 1. The van der Waals surface area contributed by atoms with Crippen LogP contribution in [0.4, 0.5) is 5.69 Å². The van der Waals surface area contributed by atoms with Crippen LogP contribution in [0.25, 0.3) is 0 Å². The molecule has 0 aliphatic carbocycles. The first-order valence-electron chi connectivity index (χ1n) is 5.90. The van der Waals surface area contributed by atoms with E-state index in [1.807, 2.05) is 6.07 Å². The van der Waals surface area contributed by atoms with Crippen LogP contribution in [-0.2, 0) is 6.54 Å². The second kappa shape index (κ2) is 5.77. The summed E-state index contributed by atoms with van der Waals surface area (Å²) in [6.07, 6.45) is 0. The number of piperazine rings is 1. The molecule has 1 aliphatic heterocycles. The molecule has 0 N–H and O–H groups in total. The molecule has 1 aliphatic rings. The first-order chi connectivity index (χ1) is 8.58. The van der Waals surface area contributed by atoms with Crippen molar-refractivity contribution in [2.24, 2.45) is 0 Å². The number of hydrogen-bond donors (Lipinski definition) is 0. The van der Waals surface area contributed by atoms with Crippen LogP contribution >= 0.6 is 15.9 Å². The fourth-order valence-electron chi connectivity index (χ4n) is 2.08. The molecule has 0 saturated carbocycles. The van der Waals surface area contributed by atoms with Gasteiger partial charge in [-0.25, -0.2) is 0 Å². The lowest BCUT2D eigenvalue weighted by molar-refractivity contribution is -0.385. The second-order valence-electron chi connectivity index (χ2n) is 4.59. The van der Waals surface area contributed by atoms with Crippen molar-refractivity contribution in [2.75, 3.05) is 33.2 Å². The van der Waals surface area contributed by atoms with Crippen molar-refractivity contribution in [1.82, 2.24) is 9.80 Å². The summed E-state index contributed by atoms with van der Waals surface area (Å²) >= 11 is 3.34. The van der Waals surface area contributed by atoms with Crippen LogP contribution < -0.4 is 0 Å². The molecule has 1 saturated heterocycles. The van der Waals surface area contributed by atoms with Crippen molar-refractivity contribution in [3.05, 3.63) is 38.3 Å². The number of nitrogens with zero attached hydrogens (tertiary/aromatic N) is 3. The van der Waals surface area contributed by atoms with Crippen molar-refractivity contribution in [3.63, 3.8) is 0 Å². The normalized spacial score (nSPS) is 17.9. The summed E-state index contributed by atoms with van der Waals surface area (Å²) in [7, 11) is 2.11. The van der Waals surface area contributed by atoms with E-state index in [4.69, 9.17) is 0 Å². The molecule has 6 heteroatoms. The molecule has 1 heterocycles. The van der Waals surface area contributed by atoms with Crippen LogP contribution in [-0.4, -0.2) is 47.9 Å². The van der Waals surface area contributed by atoms with Gasteiger partial charge in [-0.05, 0) is 28.5 Å². The van der Waals surface area contributed by atoms with Gasteiger partial charge in [0.2, 0.25) is 0 Å². The number of halogens is 1. The van der Waals surface area contributed by atoms with Gasteiger partial charge in [0.25, 0.3) is 5.69 Å². The molecule has 0 amide bonds. The minimum atomic E-state index is -0.350. The van der Waals surface area contributed by atoms with Gasteiger partial charge in [0.05, 0.1) is 9.40 Å². The van der Waals surface area contributed by atoms with Gasteiger partial charge in [0, 0.05) is 38.8 Å². The highest BCUT2D eigenvalue weighted by Crippen LogP contribution is 2.29. The molecule has 0 aromatic heterocycles. The minimum Gasteiger partial charge on any atom is -0.304 e. The van der Waals surface area contributed by atoms with E-state index in [0.717, 1.165) is 38.3 Å². The Bertz CT molecular complexity index is 445. The number of likely N-dealkylation sites (N-methyl/N-ethyl adjacent to an activating group) is 1. The van der Waals surface area contributed by atoms with Gasteiger partial charge in [-0.3, -0.25) is 15.0 Å². The third kappa shape index (κ3) is 3.07. The van der Waals surface area contributed by atoms with Gasteiger partial charge in [-0.15, -0.1) is 0 Å². The van der Waals surface area contributed by atoms with Crippen molar-refractivity contribution in [3.8, 4) is 0 Å². The number of hydrogen-bond acceptors (Lipinski definition) is 4. The standard InChI is InChI=1S/C12H16BrN3O2/c1-14-5-7-15(8-6-14)9-10-3-2-4-11(12(10)13)16(17)18/h2-4H,5-9H2,1H3. The van der Waals surface area contributed by atoms with Crippen LogP contribution in [0.2, 0.25) is 0 Å². The lowest BCUT2D eigenvalue weighted by Gasteiger charge is -2.32. The lowest BCUT2D eigenvalue weighted by atomic mass is 10.1. The Hall–Kier alpha value is -0.980. The molecule has 0 radical (unpaired) electrons. The SMILES string of the molecule is CN1CCN(Cc2cccc([N+](=O)[O-])c2Br)CC1. The van der Waals surface area contributed by atoms with E-state index >= 15 is 0 Å². The van der Waals surface area contributed by atoms with E-state index in [0.29, 0.717) is 4.47 Å². The second-order valence-corrected chi connectivity index (χ2v) is 5.38. The van der Waals surface area contributed by atoms with Gasteiger partial charge in [0.15, 0.2) is 0 Å². The highest BCUT2D eigenvalue weighted by Gasteiger charge is 2.19. The highest BCUT2D eigenvalue weighted by molar-refractivity contribution is 9.10. The van der Waals surface area contributed by atoms with Crippen molar-refractivity contribution in [1.29, 1.82) is 0 Å². The molecule has 0 bridgehead atoms. The molecule has 0 atom stereocenters. The summed E-state index contributed by atoms with van der Waals surface area (Å²) in [5, 5.41) is 10.9. The third-order valence-corrected chi connectivity index (χ3v) is 4.16. The van der Waals surface area contributed by atoms with Crippen LogP contribution in [0.15, 0.2) is 22.7 Å². The van der Waals surface area contributed by atoms with E-state index in [9.17, 15) is 10.1 Å². The maximum atomic E-state index is 10.9. The largest absolute Gasteiger partial charge is 0.304 e. The smallest absolute Gasteiger partial charge is 0.283 e. The Balaban J connectivity index is 2.10. The first kappa shape index (κ1) is 13.5. The number of nitro groups is 1. The Morgan fingerprint density at radius 1 is 1.33 bits per heavy atom. The molecular weight excluding hydrogens is 298 g/mol. The van der Waals surface area contributed by atoms with Crippen molar-refractivity contribution >= 4 is 21.6 Å². The average Bonchev–Trinajstić information content (AvgIpc) is 2.34. The van der Waals surface area contributed by atoms with Crippen LogP contribution in [0.1, 0.15) is 5.56 Å². The lowest BCUT2D eigenvalue weighted by Crippen LogP contribution is -2.43. The van der Waals surface area contributed by atoms with E-state index in [2.05, 4.69) is 32.8 Å². The fourth-order valence-corrected chi connectivity index (χ4v) is 2.61. The Morgan fingerprint density at radius 3 is 2.61 bits per heavy atom. The predicted octanol–water partition coefficient (Wildman–Crippen LogP) is 2.10. The molecule has 1 fully saturated rings. The predicted molar refractivity (Wildman–Crippen MR) is 73.6 cm³/mol. The van der Waals surface area contributed by atoms with Crippen LogP contribution in [0.5, 0.6) is 0 Å². The van der Waals surface area contributed by atoms with E-state index in [1.165, 1.54) is 6.07 Å². The number of rotatable bonds is 3. The quantitative estimate of drug-likeness (QED) is 0.633. The Morgan fingerprint density at radius 2 is 2.00 bits per heavy atom. The molecule has 2 rings (SSSR count). The summed E-state index contributed by atoms with van der Waals surface area (Å²) in [6, 6.07) is 5.21. The Kier molecular flexibility index (Phi) is 4.31. The van der Waals surface area contributed by atoms with Gasteiger partial charge >= 0.3 is 0 Å². The molecule has 18 heavy (non-hydrogen) atoms. The summed E-state index contributed by atoms with van der Waals surface area (Å²) in [4.78, 5) is 15.1. The zero-order valence-electron chi connectivity index (χ0n) is 10.3. The molecule has 0 unspecified atom stereocenters. The molecule has 98 valence electrons. The zero-order valence-corrected chi connectivity index (χ0v) is 11.9. The number of nitro benzene ring substituents is 1. The Labute approximate surface area is 115 Å². The summed E-state index contributed by atoms with van der Waals surface area (Å²) in [5.74, 6) is 0. The molecule has 0 spiro atoms. The molecule has 5 nitrogen and oxygen atoms in total. The van der Waals surface area contributed by atoms with E-state index in [1.54, 1.807) is 6.07 Å². The molecule has 1 aromatic carbocycles. The summed E-state index contributed by atoms with van der Waals surface area (Å²) in [5.41, 5.74) is 1.12. The minimum absolute atomic E-state index is 0.140. The highest BCUT2D eigenvalue weighted by atomic mass is 79.9. The fraction of sp³-hybridized carbons (Fsp3) is 0.500. The topological polar surface area (TPSA) is 49.6 Å². The van der Waals surface area contributed by atoms with Crippen molar-refractivity contribution < 1.29 is 4.92 Å². The zero-order chi connectivity index (χ0) is 13.1. The maximum Gasteiger partial charge on any atom is 0.283 e. The summed E-state index contributed by atoms with van der Waals surface area (Å²) < 4.78 is 0.605. The van der Waals surface area contributed by atoms with E-state index < -0.39 is 0 Å². The first-order valence-corrected chi connectivity index (χ1v) is 6.70. The van der Waals surface area contributed by atoms with Gasteiger partial charge < -0.3 is 4.90 Å². The van der Waals surface area contributed by atoms with E-state index in [-0.39, 0.29) is 10.6 Å². The summed E-state index contributed by atoms with van der Waals surface area (Å²) in [6.45, 7) is 4.87. The third-order valence-electron chi connectivity index (χ3n) is 3.24. The maximum absolute atomic E-state index is 10.9. The molecular formula is C12H16BrN3O2. The van der Waals surface area contributed by atoms with Crippen LogP contribution in [0.3, 0.4) is 0 Å².